The average molecular weight is 241 g/mol. The Morgan fingerprint density at radius 3 is 2.56 bits per heavy atom. The van der Waals surface area contributed by atoms with Gasteiger partial charge in [0.2, 0.25) is 0 Å². The monoisotopic (exact) mass is 240 g/mol. The SMILES string of the molecule is CCN(CC)CCNc1cccc(Cl)c1C. The van der Waals surface area contributed by atoms with Gasteiger partial charge in [-0.3, -0.25) is 0 Å². The molecule has 0 unspecified atom stereocenters. The Labute approximate surface area is 104 Å². The summed E-state index contributed by atoms with van der Waals surface area (Å²) in [6.07, 6.45) is 0. The van der Waals surface area contributed by atoms with Gasteiger partial charge in [0.1, 0.15) is 0 Å². The van der Waals surface area contributed by atoms with Crippen molar-refractivity contribution in [3.63, 3.8) is 0 Å². The fraction of sp³-hybridized carbons (Fsp3) is 0.538. The summed E-state index contributed by atoms with van der Waals surface area (Å²) in [7, 11) is 0. The third-order valence-corrected chi connectivity index (χ3v) is 3.32. The van der Waals surface area contributed by atoms with Gasteiger partial charge in [0.25, 0.3) is 0 Å². The first-order chi connectivity index (χ1) is 7.69. The third kappa shape index (κ3) is 3.69. The van der Waals surface area contributed by atoms with E-state index in [1.165, 1.54) is 0 Å². The number of likely N-dealkylation sites (N-methyl/N-ethyl adjacent to an activating group) is 1. The van der Waals surface area contributed by atoms with Gasteiger partial charge in [-0.1, -0.05) is 31.5 Å². The topological polar surface area (TPSA) is 15.3 Å². The van der Waals surface area contributed by atoms with Crippen molar-refractivity contribution in [1.82, 2.24) is 4.90 Å². The summed E-state index contributed by atoms with van der Waals surface area (Å²) in [6, 6.07) is 5.98. The largest absolute Gasteiger partial charge is 0.384 e. The van der Waals surface area contributed by atoms with E-state index in [1.54, 1.807) is 0 Å². The molecule has 2 nitrogen and oxygen atoms in total. The minimum absolute atomic E-state index is 0.827. The van der Waals surface area contributed by atoms with Crippen LogP contribution in [0.5, 0.6) is 0 Å². The summed E-state index contributed by atoms with van der Waals surface area (Å²) >= 11 is 6.06. The quantitative estimate of drug-likeness (QED) is 0.820. The second-order valence-corrected chi connectivity index (χ2v) is 4.27. The fourth-order valence-electron chi connectivity index (χ4n) is 1.69. The molecule has 0 atom stereocenters. The standard InChI is InChI=1S/C13H21ClN2/c1-4-16(5-2)10-9-15-13-8-6-7-12(14)11(13)3/h6-8,15H,4-5,9-10H2,1-3H3. The molecule has 0 saturated heterocycles. The van der Waals surface area contributed by atoms with E-state index in [4.69, 9.17) is 11.6 Å². The number of rotatable bonds is 6. The maximum Gasteiger partial charge on any atom is 0.0455 e. The Kier molecular flexibility index (Phi) is 5.64. The molecule has 1 aromatic rings. The summed E-state index contributed by atoms with van der Waals surface area (Å²) in [6.45, 7) is 10.7. The van der Waals surface area contributed by atoms with Gasteiger partial charge in [0.15, 0.2) is 0 Å². The van der Waals surface area contributed by atoms with Crippen molar-refractivity contribution in [2.24, 2.45) is 0 Å². The summed E-state index contributed by atoms with van der Waals surface area (Å²) < 4.78 is 0. The van der Waals surface area contributed by atoms with Crippen LogP contribution in [0.15, 0.2) is 18.2 Å². The summed E-state index contributed by atoms with van der Waals surface area (Å²) in [5.74, 6) is 0. The first-order valence-corrected chi connectivity index (χ1v) is 6.28. The van der Waals surface area contributed by atoms with Gasteiger partial charge < -0.3 is 10.2 Å². The van der Waals surface area contributed by atoms with Gasteiger partial charge in [-0.05, 0) is 37.7 Å². The highest BCUT2D eigenvalue weighted by molar-refractivity contribution is 6.31. The molecule has 0 aliphatic heterocycles. The smallest absolute Gasteiger partial charge is 0.0455 e. The van der Waals surface area contributed by atoms with Crippen LogP contribution in [0, 0.1) is 6.92 Å². The van der Waals surface area contributed by atoms with Gasteiger partial charge in [0, 0.05) is 23.8 Å². The Balaban J connectivity index is 2.46. The summed E-state index contributed by atoms with van der Waals surface area (Å²) in [5.41, 5.74) is 2.27. The minimum Gasteiger partial charge on any atom is -0.384 e. The average Bonchev–Trinajstić information content (AvgIpc) is 2.30. The molecule has 90 valence electrons. The predicted octanol–water partition coefficient (Wildman–Crippen LogP) is 3.40. The molecule has 3 heteroatoms. The van der Waals surface area contributed by atoms with E-state index in [1.807, 2.05) is 19.1 Å². The Hall–Kier alpha value is -0.730. The van der Waals surface area contributed by atoms with E-state index >= 15 is 0 Å². The van der Waals surface area contributed by atoms with E-state index in [0.29, 0.717) is 0 Å². The highest BCUT2D eigenvalue weighted by Crippen LogP contribution is 2.22. The zero-order valence-corrected chi connectivity index (χ0v) is 11.1. The zero-order chi connectivity index (χ0) is 12.0. The van der Waals surface area contributed by atoms with Crippen LogP contribution >= 0.6 is 11.6 Å². The minimum atomic E-state index is 0.827. The number of halogens is 1. The van der Waals surface area contributed by atoms with Gasteiger partial charge >= 0.3 is 0 Å². The number of nitrogens with one attached hydrogen (secondary N) is 1. The molecule has 0 aliphatic rings. The fourth-order valence-corrected chi connectivity index (χ4v) is 1.86. The molecule has 0 radical (unpaired) electrons. The zero-order valence-electron chi connectivity index (χ0n) is 10.4. The molecule has 1 N–H and O–H groups in total. The van der Waals surface area contributed by atoms with Gasteiger partial charge in [-0.2, -0.15) is 0 Å². The molecular formula is C13H21ClN2. The third-order valence-electron chi connectivity index (χ3n) is 2.91. The van der Waals surface area contributed by atoms with E-state index < -0.39 is 0 Å². The van der Waals surface area contributed by atoms with Crippen LogP contribution in [0.3, 0.4) is 0 Å². The molecule has 16 heavy (non-hydrogen) atoms. The van der Waals surface area contributed by atoms with Crippen molar-refractivity contribution in [1.29, 1.82) is 0 Å². The van der Waals surface area contributed by atoms with Crippen molar-refractivity contribution in [2.45, 2.75) is 20.8 Å². The van der Waals surface area contributed by atoms with Gasteiger partial charge in [-0.25, -0.2) is 0 Å². The van der Waals surface area contributed by atoms with E-state index in [0.717, 1.165) is 42.5 Å². The lowest BCUT2D eigenvalue weighted by Gasteiger charge is -2.19. The van der Waals surface area contributed by atoms with Gasteiger partial charge in [-0.15, -0.1) is 0 Å². The normalized spacial score (nSPS) is 10.8. The predicted molar refractivity (Wildman–Crippen MR) is 72.5 cm³/mol. The van der Waals surface area contributed by atoms with E-state index in [2.05, 4.69) is 30.1 Å². The Morgan fingerprint density at radius 1 is 1.25 bits per heavy atom. The maximum absolute atomic E-state index is 6.06. The molecule has 1 aromatic carbocycles. The second-order valence-electron chi connectivity index (χ2n) is 3.87. The molecule has 0 amide bonds. The molecule has 0 aliphatic carbocycles. The Morgan fingerprint density at radius 2 is 1.94 bits per heavy atom. The summed E-state index contributed by atoms with van der Waals surface area (Å²) in [4.78, 5) is 2.40. The van der Waals surface area contributed by atoms with Gasteiger partial charge in [0.05, 0.1) is 0 Å². The highest BCUT2D eigenvalue weighted by Gasteiger charge is 2.02. The molecule has 0 aromatic heterocycles. The maximum atomic E-state index is 6.06. The first kappa shape index (κ1) is 13.3. The first-order valence-electron chi connectivity index (χ1n) is 5.90. The summed E-state index contributed by atoms with van der Waals surface area (Å²) in [5, 5.41) is 4.25. The van der Waals surface area contributed by atoms with Crippen molar-refractivity contribution in [3.05, 3.63) is 28.8 Å². The number of hydrogen-bond donors (Lipinski definition) is 1. The molecular weight excluding hydrogens is 220 g/mol. The van der Waals surface area contributed by atoms with Crippen LogP contribution in [-0.2, 0) is 0 Å². The molecule has 0 saturated carbocycles. The van der Waals surface area contributed by atoms with Crippen molar-refractivity contribution in [2.75, 3.05) is 31.5 Å². The van der Waals surface area contributed by atoms with Crippen LogP contribution in [0.1, 0.15) is 19.4 Å². The van der Waals surface area contributed by atoms with Crippen LogP contribution in [0.25, 0.3) is 0 Å². The van der Waals surface area contributed by atoms with Crippen molar-refractivity contribution < 1.29 is 0 Å². The lowest BCUT2D eigenvalue weighted by molar-refractivity contribution is 0.316. The van der Waals surface area contributed by atoms with Crippen molar-refractivity contribution in [3.8, 4) is 0 Å². The van der Waals surface area contributed by atoms with Crippen molar-refractivity contribution >= 4 is 17.3 Å². The van der Waals surface area contributed by atoms with Crippen LogP contribution < -0.4 is 5.32 Å². The van der Waals surface area contributed by atoms with Crippen LogP contribution in [0.4, 0.5) is 5.69 Å². The second kappa shape index (κ2) is 6.77. The van der Waals surface area contributed by atoms with Crippen LogP contribution in [-0.4, -0.2) is 31.1 Å². The molecule has 0 bridgehead atoms. The molecule has 1 rings (SSSR count). The number of nitrogens with zero attached hydrogens (tertiary/aromatic N) is 1. The highest BCUT2D eigenvalue weighted by atomic mass is 35.5. The number of anilines is 1. The molecule has 0 spiro atoms. The molecule has 0 heterocycles. The number of benzene rings is 1. The molecule has 0 fully saturated rings. The Bertz CT molecular complexity index is 322. The van der Waals surface area contributed by atoms with E-state index in [9.17, 15) is 0 Å². The number of hydrogen-bond acceptors (Lipinski definition) is 2. The lowest BCUT2D eigenvalue weighted by atomic mass is 10.2. The van der Waals surface area contributed by atoms with Crippen LogP contribution in [0.2, 0.25) is 5.02 Å². The lowest BCUT2D eigenvalue weighted by Crippen LogP contribution is -2.28. The van der Waals surface area contributed by atoms with E-state index in [-0.39, 0.29) is 0 Å².